The Labute approximate surface area is 152 Å². The average Bonchev–Trinajstić information content (AvgIpc) is 2.77. The van der Waals surface area contributed by atoms with Crippen LogP contribution in [0.4, 0.5) is 4.79 Å². The number of hydrogen-bond acceptors (Lipinski definition) is 4. The van der Waals surface area contributed by atoms with Crippen molar-refractivity contribution in [3.8, 4) is 5.75 Å². The third-order valence-corrected chi connectivity index (χ3v) is 4.51. The van der Waals surface area contributed by atoms with Gasteiger partial charge in [-0.05, 0) is 18.6 Å². The second kappa shape index (κ2) is 8.20. The van der Waals surface area contributed by atoms with Gasteiger partial charge in [0, 0.05) is 27.7 Å². The molecule has 0 bridgehead atoms. The highest BCUT2D eigenvalue weighted by molar-refractivity contribution is 6.32. The van der Waals surface area contributed by atoms with E-state index in [1.807, 2.05) is 12.1 Å². The van der Waals surface area contributed by atoms with Crippen molar-refractivity contribution in [2.24, 2.45) is 0 Å². The number of rotatable bonds is 7. The monoisotopic (exact) mass is 367 g/mol. The van der Waals surface area contributed by atoms with Crippen LogP contribution in [0.3, 0.4) is 0 Å². The maximum Gasteiger partial charge on any atom is 0.326 e. The lowest BCUT2D eigenvalue weighted by atomic mass is 10.1. The molecule has 1 aromatic rings. The number of carbonyl (C=O) groups is 3. The zero-order valence-electron chi connectivity index (χ0n) is 14.6. The van der Waals surface area contributed by atoms with Gasteiger partial charge in [0.05, 0.1) is 18.1 Å². The molecular weight excluding hydrogens is 346 g/mol. The van der Waals surface area contributed by atoms with Crippen molar-refractivity contribution in [2.75, 3.05) is 34.3 Å². The molecule has 1 atom stereocenters. The van der Waals surface area contributed by atoms with Crippen LogP contribution in [0.15, 0.2) is 24.3 Å². The number of imide groups is 1. The highest BCUT2D eigenvalue weighted by Crippen LogP contribution is 2.23. The number of ether oxygens (including phenoxy) is 1. The van der Waals surface area contributed by atoms with Crippen molar-refractivity contribution in [1.29, 1.82) is 0 Å². The average molecular weight is 368 g/mol. The number of para-hydroxylation sites is 1. The van der Waals surface area contributed by atoms with Gasteiger partial charge in [-0.3, -0.25) is 14.5 Å². The van der Waals surface area contributed by atoms with E-state index in [9.17, 15) is 14.4 Å². The molecule has 1 aromatic carbocycles. The van der Waals surface area contributed by atoms with Crippen LogP contribution in [0.5, 0.6) is 5.75 Å². The van der Waals surface area contributed by atoms with Gasteiger partial charge in [-0.15, -0.1) is 0 Å². The fraction of sp³-hybridized carbons (Fsp3) is 0.471. The highest BCUT2D eigenvalue weighted by Gasteiger charge is 2.42. The van der Waals surface area contributed by atoms with Crippen molar-refractivity contribution >= 4 is 29.4 Å². The predicted molar refractivity (Wildman–Crippen MR) is 93.5 cm³/mol. The van der Waals surface area contributed by atoms with Crippen molar-refractivity contribution in [1.82, 2.24) is 14.7 Å². The zero-order chi connectivity index (χ0) is 18.6. The first-order chi connectivity index (χ1) is 11.8. The standard InChI is InChI=1S/C17H22ClN3O4/c1-19(9-6-10-25-14-8-5-4-7-12(14)18)15(22)11-13-16(23)21(3)17(24)20(13)2/h4-5,7-8,13H,6,9-11H2,1-3H3/t13-/m0/s1. The number of likely N-dealkylation sites (N-methyl/N-ethyl adjacent to an activating group) is 2. The summed E-state index contributed by atoms with van der Waals surface area (Å²) in [6, 6.07) is 6.08. The molecule has 4 amide bonds. The highest BCUT2D eigenvalue weighted by atomic mass is 35.5. The molecule has 1 heterocycles. The normalized spacial score (nSPS) is 17.2. The van der Waals surface area contributed by atoms with Gasteiger partial charge in [0.2, 0.25) is 5.91 Å². The first kappa shape index (κ1) is 19.1. The largest absolute Gasteiger partial charge is 0.492 e. The van der Waals surface area contributed by atoms with Crippen LogP contribution < -0.4 is 4.74 Å². The van der Waals surface area contributed by atoms with Gasteiger partial charge < -0.3 is 14.5 Å². The molecule has 1 aliphatic heterocycles. The van der Waals surface area contributed by atoms with E-state index in [0.717, 1.165) is 4.90 Å². The molecular formula is C17H22ClN3O4. The molecule has 136 valence electrons. The Morgan fingerprint density at radius 2 is 1.96 bits per heavy atom. The lowest BCUT2D eigenvalue weighted by Gasteiger charge is -2.21. The Balaban J connectivity index is 1.76. The van der Waals surface area contributed by atoms with Crippen LogP contribution in [0.2, 0.25) is 5.02 Å². The fourth-order valence-electron chi connectivity index (χ4n) is 2.57. The second-order valence-corrected chi connectivity index (χ2v) is 6.37. The summed E-state index contributed by atoms with van der Waals surface area (Å²) >= 11 is 6.00. The lowest BCUT2D eigenvalue weighted by Crippen LogP contribution is -2.38. The fourth-order valence-corrected chi connectivity index (χ4v) is 2.76. The molecule has 0 unspecified atom stereocenters. The summed E-state index contributed by atoms with van der Waals surface area (Å²) in [6.07, 6.45) is 0.605. The molecule has 0 radical (unpaired) electrons. The number of carbonyl (C=O) groups excluding carboxylic acids is 3. The molecule has 0 saturated carbocycles. The van der Waals surface area contributed by atoms with Gasteiger partial charge in [0.15, 0.2) is 0 Å². The van der Waals surface area contributed by atoms with Crippen LogP contribution in [0, 0.1) is 0 Å². The summed E-state index contributed by atoms with van der Waals surface area (Å²) in [5.74, 6) is 0.0696. The summed E-state index contributed by atoms with van der Waals surface area (Å²) in [6.45, 7) is 0.905. The smallest absolute Gasteiger partial charge is 0.326 e. The van der Waals surface area contributed by atoms with Crippen LogP contribution >= 0.6 is 11.6 Å². The van der Waals surface area contributed by atoms with E-state index in [0.29, 0.717) is 30.3 Å². The third-order valence-electron chi connectivity index (χ3n) is 4.20. The molecule has 25 heavy (non-hydrogen) atoms. The van der Waals surface area contributed by atoms with Gasteiger partial charge in [-0.2, -0.15) is 0 Å². The van der Waals surface area contributed by atoms with Crippen LogP contribution in [-0.4, -0.2) is 72.9 Å². The minimum atomic E-state index is -0.730. The number of benzene rings is 1. The van der Waals surface area contributed by atoms with Gasteiger partial charge in [-0.1, -0.05) is 23.7 Å². The van der Waals surface area contributed by atoms with E-state index in [2.05, 4.69) is 0 Å². The van der Waals surface area contributed by atoms with Crippen molar-refractivity contribution in [3.05, 3.63) is 29.3 Å². The Hall–Kier alpha value is -2.28. The zero-order valence-corrected chi connectivity index (χ0v) is 15.3. The molecule has 8 heteroatoms. The first-order valence-electron chi connectivity index (χ1n) is 7.98. The van der Waals surface area contributed by atoms with Crippen LogP contribution in [0.25, 0.3) is 0 Å². The molecule has 1 aliphatic rings. The topological polar surface area (TPSA) is 70.2 Å². The van der Waals surface area contributed by atoms with Crippen molar-refractivity contribution < 1.29 is 19.1 Å². The third kappa shape index (κ3) is 4.42. The predicted octanol–water partition coefficient (Wildman–Crippen LogP) is 1.85. The quantitative estimate of drug-likeness (QED) is 0.544. The first-order valence-corrected chi connectivity index (χ1v) is 8.36. The van der Waals surface area contributed by atoms with Gasteiger partial charge in [0.25, 0.3) is 5.91 Å². The summed E-state index contributed by atoms with van der Waals surface area (Å²) in [5.41, 5.74) is 0. The molecule has 7 nitrogen and oxygen atoms in total. The molecule has 0 spiro atoms. The summed E-state index contributed by atoms with van der Waals surface area (Å²) in [4.78, 5) is 39.9. The molecule has 2 rings (SSSR count). The molecule has 0 N–H and O–H groups in total. The van der Waals surface area contributed by atoms with E-state index >= 15 is 0 Å². The van der Waals surface area contributed by atoms with Gasteiger partial charge in [0.1, 0.15) is 11.8 Å². The minimum Gasteiger partial charge on any atom is -0.492 e. The molecule has 0 aromatic heterocycles. The second-order valence-electron chi connectivity index (χ2n) is 5.96. The maximum atomic E-state index is 12.3. The van der Waals surface area contributed by atoms with E-state index < -0.39 is 12.1 Å². The molecule has 1 saturated heterocycles. The van der Waals surface area contributed by atoms with Gasteiger partial charge in [-0.25, -0.2) is 4.79 Å². The van der Waals surface area contributed by atoms with E-state index in [-0.39, 0.29) is 18.2 Å². The van der Waals surface area contributed by atoms with E-state index in [1.165, 1.54) is 19.0 Å². The Bertz CT molecular complexity index is 667. The van der Waals surface area contributed by atoms with Crippen LogP contribution in [0.1, 0.15) is 12.8 Å². The Kier molecular flexibility index (Phi) is 6.25. The number of hydrogen-bond donors (Lipinski definition) is 0. The Morgan fingerprint density at radius 3 is 2.56 bits per heavy atom. The summed E-state index contributed by atoms with van der Waals surface area (Å²) in [7, 11) is 4.61. The summed E-state index contributed by atoms with van der Waals surface area (Å²) < 4.78 is 5.58. The van der Waals surface area contributed by atoms with Gasteiger partial charge >= 0.3 is 6.03 Å². The minimum absolute atomic E-state index is 0.0206. The van der Waals surface area contributed by atoms with Crippen LogP contribution in [-0.2, 0) is 9.59 Å². The SMILES string of the molecule is CN(CCCOc1ccccc1Cl)C(=O)C[C@H]1C(=O)N(C)C(=O)N1C. The van der Waals surface area contributed by atoms with Crippen molar-refractivity contribution in [3.63, 3.8) is 0 Å². The van der Waals surface area contributed by atoms with E-state index in [4.69, 9.17) is 16.3 Å². The number of halogens is 1. The lowest BCUT2D eigenvalue weighted by molar-refractivity contribution is -0.135. The molecule has 1 fully saturated rings. The summed E-state index contributed by atoms with van der Waals surface area (Å²) in [5, 5.41) is 0.545. The molecule has 0 aliphatic carbocycles. The Morgan fingerprint density at radius 1 is 1.28 bits per heavy atom. The maximum absolute atomic E-state index is 12.3. The van der Waals surface area contributed by atoms with Crippen molar-refractivity contribution in [2.45, 2.75) is 18.9 Å². The van der Waals surface area contributed by atoms with E-state index in [1.54, 1.807) is 24.1 Å². The number of amides is 4. The number of urea groups is 1. The number of nitrogens with zero attached hydrogens (tertiary/aromatic N) is 3.